The Morgan fingerprint density at radius 3 is 2.71 bits per heavy atom. The number of benzene rings is 1. The zero-order valence-corrected chi connectivity index (χ0v) is 12.6. The van der Waals surface area contributed by atoms with E-state index in [1.54, 1.807) is 0 Å². The molecule has 0 aliphatic carbocycles. The number of carbonyl (C=O) groups is 2. The quantitative estimate of drug-likeness (QED) is 0.896. The van der Waals surface area contributed by atoms with Crippen molar-refractivity contribution in [3.63, 3.8) is 0 Å². The number of carboxylic acid groups (broad SMARTS) is 1. The van der Waals surface area contributed by atoms with Crippen molar-refractivity contribution >= 4 is 23.5 Å². The summed E-state index contributed by atoms with van der Waals surface area (Å²) in [4.78, 5) is 25.4. The molecule has 1 unspecified atom stereocenters. The Kier molecular flexibility index (Phi) is 4.42. The van der Waals surface area contributed by atoms with Gasteiger partial charge in [0.05, 0.1) is 11.0 Å². The molecule has 1 aromatic rings. The van der Waals surface area contributed by atoms with Crippen molar-refractivity contribution in [1.82, 2.24) is 4.90 Å². The summed E-state index contributed by atoms with van der Waals surface area (Å²) in [6, 6.07) is 4.29. The Bertz CT molecular complexity index is 575. The molecule has 2 rings (SSSR count). The smallest absolute Gasteiger partial charge is 0.311 e. The van der Waals surface area contributed by atoms with Crippen LogP contribution in [0.25, 0.3) is 0 Å². The SMILES string of the molecule is CCCC1(C(=O)O)CCN(C(=O)c2ccc(Cl)cc2O)C1. The van der Waals surface area contributed by atoms with Gasteiger partial charge in [-0.3, -0.25) is 9.59 Å². The van der Waals surface area contributed by atoms with Crippen molar-refractivity contribution in [3.8, 4) is 5.75 Å². The number of carbonyl (C=O) groups excluding carboxylic acids is 1. The van der Waals surface area contributed by atoms with Gasteiger partial charge >= 0.3 is 5.97 Å². The molecule has 1 fully saturated rings. The van der Waals surface area contributed by atoms with Gasteiger partial charge in [0.25, 0.3) is 5.91 Å². The molecule has 5 nitrogen and oxygen atoms in total. The minimum atomic E-state index is -0.869. The third-order valence-electron chi connectivity index (χ3n) is 4.01. The third-order valence-corrected chi connectivity index (χ3v) is 4.25. The number of nitrogens with zero attached hydrogens (tertiary/aromatic N) is 1. The molecule has 0 bridgehead atoms. The number of amides is 1. The van der Waals surface area contributed by atoms with Crippen molar-refractivity contribution < 1.29 is 19.8 Å². The van der Waals surface area contributed by atoms with E-state index in [-0.39, 0.29) is 23.8 Å². The highest BCUT2D eigenvalue weighted by molar-refractivity contribution is 6.30. The number of carboxylic acids is 1. The number of hydrogen-bond acceptors (Lipinski definition) is 3. The zero-order chi connectivity index (χ0) is 15.6. The van der Waals surface area contributed by atoms with Gasteiger partial charge in [-0.05, 0) is 31.0 Å². The van der Waals surface area contributed by atoms with E-state index in [4.69, 9.17) is 11.6 Å². The Morgan fingerprint density at radius 2 is 2.14 bits per heavy atom. The van der Waals surface area contributed by atoms with Gasteiger partial charge in [0.1, 0.15) is 5.75 Å². The van der Waals surface area contributed by atoms with E-state index in [1.165, 1.54) is 23.1 Å². The minimum Gasteiger partial charge on any atom is -0.507 e. The van der Waals surface area contributed by atoms with Gasteiger partial charge in [-0.15, -0.1) is 0 Å². The molecular formula is C15H18ClNO4. The maximum atomic E-state index is 12.4. The summed E-state index contributed by atoms with van der Waals surface area (Å²) in [6.07, 6.45) is 1.73. The van der Waals surface area contributed by atoms with E-state index in [0.717, 1.165) is 6.42 Å². The van der Waals surface area contributed by atoms with E-state index in [9.17, 15) is 19.8 Å². The summed E-state index contributed by atoms with van der Waals surface area (Å²) in [7, 11) is 0. The monoisotopic (exact) mass is 311 g/mol. The Labute approximate surface area is 128 Å². The van der Waals surface area contributed by atoms with Crippen LogP contribution in [0.4, 0.5) is 0 Å². The fraction of sp³-hybridized carbons (Fsp3) is 0.467. The molecule has 0 aromatic heterocycles. The molecule has 0 spiro atoms. The van der Waals surface area contributed by atoms with Gasteiger partial charge in [-0.1, -0.05) is 24.9 Å². The number of phenolic OH excluding ortho intramolecular Hbond substituents is 1. The van der Waals surface area contributed by atoms with Crippen LogP contribution in [0.15, 0.2) is 18.2 Å². The predicted octanol–water partition coefficient (Wildman–Crippen LogP) is 2.76. The molecule has 1 aromatic carbocycles. The summed E-state index contributed by atoms with van der Waals surface area (Å²) >= 11 is 5.75. The first-order valence-electron chi connectivity index (χ1n) is 6.91. The molecule has 2 N–H and O–H groups in total. The van der Waals surface area contributed by atoms with Gasteiger partial charge in [-0.2, -0.15) is 0 Å². The van der Waals surface area contributed by atoms with Gasteiger partial charge < -0.3 is 15.1 Å². The molecule has 1 atom stereocenters. The maximum Gasteiger partial charge on any atom is 0.311 e. The largest absolute Gasteiger partial charge is 0.507 e. The van der Waals surface area contributed by atoms with E-state index >= 15 is 0 Å². The molecule has 21 heavy (non-hydrogen) atoms. The van der Waals surface area contributed by atoms with Crippen LogP contribution in [-0.4, -0.2) is 40.1 Å². The van der Waals surface area contributed by atoms with Gasteiger partial charge in [-0.25, -0.2) is 0 Å². The molecular weight excluding hydrogens is 294 g/mol. The molecule has 1 aliphatic rings. The van der Waals surface area contributed by atoms with E-state index in [1.807, 2.05) is 6.92 Å². The highest BCUT2D eigenvalue weighted by atomic mass is 35.5. The average Bonchev–Trinajstić information content (AvgIpc) is 2.84. The van der Waals surface area contributed by atoms with Crippen LogP contribution < -0.4 is 0 Å². The highest BCUT2D eigenvalue weighted by Crippen LogP contribution is 2.37. The number of rotatable bonds is 4. The van der Waals surface area contributed by atoms with Gasteiger partial charge in [0.15, 0.2) is 0 Å². The lowest BCUT2D eigenvalue weighted by Crippen LogP contribution is -2.36. The Morgan fingerprint density at radius 1 is 1.43 bits per heavy atom. The first-order valence-corrected chi connectivity index (χ1v) is 7.28. The molecule has 0 saturated carbocycles. The van der Waals surface area contributed by atoms with Crippen LogP contribution in [0.2, 0.25) is 5.02 Å². The minimum absolute atomic E-state index is 0.150. The number of aliphatic carboxylic acids is 1. The van der Waals surface area contributed by atoms with Crippen LogP contribution in [0, 0.1) is 5.41 Å². The molecule has 0 radical (unpaired) electrons. The van der Waals surface area contributed by atoms with Gasteiger partial charge in [0.2, 0.25) is 0 Å². The molecule has 1 aliphatic heterocycles. The number of phenols is 1. The summed E-state index contributed by atoms with van der Waals surface area (Å²) in [6.45, 7) is 2.49. The van der Waals surface area contributed by atoms with E-state index < -0.39 is 11.4 Å². The standard InChI is InChI=1S/C15H18ClNO4/c1-2-5-15(14(20)21)6-7-17(9-15)13(19)11-4-3-10(16)8-12(11)18/h3-4,8,18H,2,5-7,9H2,1H3,(H,20,21). The summed E-state index contributed by atoms with van der Waals surface area (Å²) in [5.74, 6) is -1.40. The van der Waals surface area contributed by atoms with E-state index in [2.05, 4.69) is 0 Å². The fourth-order valence-electron chi connectivity index (χ4n) is 2.87. The molecule has 1 saturated heterocycles. The number of aromatic hydroxyl groups is 1. The summed E-state index contributed by atoms with van der Waals surface area (Å²) < 4.78 is 0. The van der Waals surface area contributed by atoms with Crippen molar-refractivity contribution in [3.05, 3.63) is 28.8 Å². The first kappa shape index (κ1) is 15.6. The van der Waals surface area contributed by atoms with Gasteiger partial charge in [0, 0.05) is 18.1 Å². The van der Waals surface area contributed by atoms with Crippen LogP contribution in [0.5, 0.6) is 5.75 Å². The van der Waals surface area contributed by atoms with Crippen LogP contribution in [-0.2, 0) is 4.79 Å². The summed E-state index contributed by atoms with van der Waals surface area (Å²) in [5, 5.41) is 19.6. The van der Waals surface area contributed by atoms with Crippen LogP contribution in [0.3, 0.4) is 0 Å². The zero-order valence-electron chi connectivity index (χ0n) is 11.8. The number of likely N-dealkylation sites (tertiary alicyclic amines) is 1. The topological polar surface area (TPSA) is 77.8 Å². The van der Waals surface area contributed by atoms with Crippen LogP contribution >= 0.6 is 11.6 Å². The Hall–Kier alpha value is -1.75. The lowest BCUT2D eigenvalue weighted by molar-refractivity contribution is -0.148. The maximum absolute atomic E-state index is 12.4. The number of hydrogen-bond donors (Lipinski definition) is 2. The lowest BCUT2D eigenvalue weighted by Gasteiger charge is -2.24. The van der Waals surface area contributed by atoms with Crippen molar-refractivity contribution in [2.75, 3.05) is 13.1 Å². The lowest BCUT2D eigenvalue weighted by atomic mass is 9.83. The summed E-state index contributed by atoms with van der Waals surface area (Å²) in [5.41, 5.74) is -0.719. The molecule has 1 amide bonds. The van der Waals surface area contributed by atoms with Crippen molar-refractivity contribution in [2.45, 2.75) is 26.2 Å². The van der Waals surface area contributed by atoms with E-state index in [0.29, 0.717) is 24.4 Å². The first-order chi connectivity index (χ1) is 9.89. The number of halogens is 1. The second kappa shape index (κ2) is 5.93. The van der Waals surface area contributed by atoms with Crippen molar-refractivity contribution in [1.29, 1.82) is 0 Å². The highest BCUT2D eigenvalue weighted by Gasteiger charge is 2.45. The molecule has 114 valence electrons. The predicted molar refractivity (Wildman–Crippen MR) is 78.6 cm³/mol. The molecule has 6 heteroatoms. The third kappa shape index (κ3) is 2.97. The Balaban J connectivity index is 2.20. The fourth-order valence-corrected chi connectivity index (χ4v) is 3.03. The molecule has 1 heterocycles. The normalized spacial score (nSPS) is 21.5. The second-order valence-corrected chi connectivity index (χ2v) is 5.91. The van der Waals surface area contributed by atoms with Crippen molar-refractivity contribution in [2.24, 2.45) is 5.41 Å². The average molecular weight is 312 g/mol. The van der Waals surface area contributed by atoms with Crippen LogP contribution in [0.1, 0.15) is 36.5 Å². The second-order valence-electron chi connectivity index (χ2n) is 5.47.